The molecule has 2 bridgehead atoms. The highest BCUT2D eigenvalue weighted by Crippen LogP contribution is 2.49. The number of hydrogen-bond donors (Lipinski definition) is 1. The number of nitrogens with one attached hydrogen (secondary N) is 1. The van der Waals surface area contributed by atoms with E-state index in [0.29, 0.717) is 0 Å². The van der Waals surface area contributed by atoms with Crippen molar-refractivity contribution in [2.45, 2.75) is 31.9 Å². The monoisotopic (exact) mass is 434 g/mol. The first-order valence-electron chi connectivity index (χ1n) is 10.8. The molecule has 5 rings (SSSR count). The van der Waals surface area contributed by atoms with Crippen molar-refractivity contribution in [3.63, 3.8) is 0 Å². The first kappa shape index (κ1) is 20.4. The van der Waals surface area contributed by atoms with E-state index in [1.807, 2.05) is 30.3 Å². The Bertz CT molecular complexity index is 1120. The molecule has 32 heavy (non-hydrogen) atoms. The Morgan fingerprint density at radius 3 is 2.69 bits per heavy atom. The molecule has 1 aromatic heterocycles. The van der Waals surface area contributed by atoms with Crippen LogP contribution < -0.4 is 5.32 Å². The Labute approximate surface area is 184 Å². The van der Waals surface area contributed by atoms with Crippen molar-refractivity contribution in [2.75, 3.05) is 0 Å². The van der Waals surface area contributed by atoms with Crippen LogP contribution in [0.2, 0.25) is 0 Å². The smallest absolute Gasteiger partial charge is 0.311 e. The maximum absolute atomic E-state index is 14.6. The molecule has 4 unspecified atom stereocenters. The second kappa shape index (κ2) is 8.53. The molecule has 2 saturated carbocycles. The second-order valence-corrected chi connectivity index (χ2v) is 8.46. The number of benzene rings is 2. The van der Waals surface area contributed by atoms with E-state index >= 15 is 0 Å². The molecule has 4 atom stereocenters. The predicted octanol–water partition coefficient (Wildman–Crippen LogP) is 3.29. The second-order valence-electron chi connectivity index (χ2n) is 8.46. The van der Waals surface area contributed by atoms with Gasteiger partial charge in [0.2, 0.25) is 0 Å². The van der Waals surface area contributed by atoms with Crippen molar-refractivity contribution >= 4 is 11.9 Å². The molecule has 1 heterocycles. The van der Waals surface area contributed by atoms with Gasteiger partial charge in [-0.3, -0.25) is 9.59 Å². The van der Waals surface area contributed by atoms with Crippen molar-refractivity contribution in [1.29, 1.82) is 0 Å². The molecule has 0 aliphatic heterocycles. The molecule has 2 aliphatic rings. The van der Waals surface area contributed by atoms with Crippen molar-refractivity contribution in [1.82, 2.24) is 20.1 Å². The molecule has 0 spiro atoms. The number of aromatic nitrogens is 3. The molecular formula is C24H23FN4O3. The van der Waals surface area contributed by atoms with Crippen LogP contribution in [-0.4, -0.2) is 32.7 Å². The third kappa shape index (κ3) is 3.88. The molecular weight excluding hydrogens is 411 g/mol. The molecule has 2 fully saturated rings. The van der Waals surface area contributed by atoms with E-state index in [9.17, 15) is 14.0 Å². The average molecular weight is 434 g/mol. The van der Waals surface area contributed by atoms with Crippen molar-refractivity contribution in [3.8, 4) is 5.69 Å². The quantitative estimate of drug-likeness (QED) is 0.602. The molecule has 0 saturated heterocycles. The summed E-state index contributed by atoms with van der Waals surface area (Å²) in [6.07, 6.45) is 5.53. The minimum absolute atomic E-state index is 0.200. The minimum atomic E-state index is -0.574. The summed E-state index contributed by atoms with van der Waals surface area (Å²) in [5.41, 5.74) is 1.33. The van der Waals surface area contributed by atoms with Gasteiger partial charge in [-0.15, -0.1) is 0 Å². The number of hydrogen-bond acceptors (Lipinski definition) is 5. The number of rotatable bonds is 6. The van der Waals surface area contributed by atoms with Gasteiger partial charge in [-0.25, -0.2) is 14.1 Å². The zero-order chi connectivity index (χ0) is 22.1. The van der Waals surface area contributed by atoms with Crippen LogP contribution in [0.15, 0.2) is 61.2 Å². The number of carbonyl (C=O) groups excluding carboxylic acids is 2. The molecule has 2 aliphatic carbocycles. The lowest BCUT2D eigenvalue weighted by molar-refractivity contribution is -0.152. The minimum Gasteiger partial charge on any atom is -0.461 e. The summed E-state index contributed by atoms with van der Waals surface area (Å²) >= 11 is 0. The first-order chi connectivity index (χ1) is 15.6. The van der Waals surface area contributed by atoms with Gasteiger partial charge in [0.15, 0.2) is 0 Å². The maximum atomic E-state index is 14.6. The fourth-order valence-electron chi connectivity index (χ4n) is 5.06. The molecule has 164 valence electrons. The van der Waals surface area contributed by atoms with E-state index < -0.39 is 11.7 Å². The number of amides is 1. The topological polar surface area (TPSA) is 86.1 Å². The van der Waals surface area contributed by atoms with E-state index in [4.69, 9.17) is 4.74 Å². The van der Waals surface area contributed by atoms with Crippen molar-refractivity contribution in [3.05, 3.63) is 78.1 Å². The molecule has 1 amide bonds. The summed E-state index contributed by atoms with van der Waals surface area (Å²) in [6.45, 7) is 0.211. The van der Waals surface area contributed by atoms with Crippen molar-refractivity contribution in [2.24, 2.45) is 17.8 Å². The SMILES string of the molecule is O=C(NC1C2CCC(C2)C1C(=O)OCc1ccccc1)c1ccc(-n2cncn2)c(F)c1. The highest BCUT2D eigenvalue weighted by atomic mass is 19.1. The maximum Gasteiger partial charge on any atom is 0.311 e. The Morgan fingerprint density at radius 1 is 1.12 bits per heavy atom. The van der Waals surface area contributed by atoms with Gasteiger partial charge in [0, 0.05) is 11.6 Å². The summed E-state index contributed by atoms with van der Waals surface area (Å²) in [7, 11) is 0. The fraction of sp³-hybridized carbons (Fsp3) is 0.333. The summed E-state index contributed by atoms with van der Waals surface area (Å²) in [6, 6.07) is 13.4. The number of carbonyl (C=O) groups is 2. The van der Waals surface area contributed by atoms with E-state index in [1.54, 1.807) is 6.07 Å². The molecule has 1 N–H and O–H groups in total. The summed E-state index contributed by atoms with van der Waals surface area (Å²) < 4.78 is 21.5. The van der Waals surface area contributed by atoms with Crippen LogP contribution in [0.3, 0.4) is 0 Å². The van der Waals surface area contributed by atoms with Gasteiger partial charge in [0.25, 0.3) is 5.91 Å². The highest BCUT2D eigenvalue weighted by Gasteiger charge is 2.52. The van der Waals surface area contributed by atoms with Gasteiger partial charge in [-0.1, -0.05) is 30.3 Å². The molecule has 0 radical (unpaired) electrons. The van der Waals surface area contributed by atoms with Crippen LogP contribution >= 0.6 is 0 Å². The number of esters is 1. The number of ether oxygens (including phenoxy) is 1. The Hall–Kier alpha value is -3.55. The first-order valence-corrected chi connectivity index (χ1v) is 10.8. The van der Waals surface area contributed by atoms with E-state index in [2.05, 4.69) is 15.4 Å². The van der Waals surface area contributed by atoms with Crippen LogP contribution in [0.4, 0.5) is 4.39 Å². The lowest BCUT2D eigenvalue weighted by Crippen LogP contribution is -2.47. The Balaban J connectivity index is 1.28. The number of fused-ring (bicyclic) bond motifs is 2. The van der Waals surface area contributed by atoms with Crippen LogP contribution in [0.25, 0.3) is 5.69 Å². The van der Waals surface area contributed by atoms with Gasteiger partial charge in [0.1, 0.15) is 30.8 Å². The molecule has 8 heteroatoms. The Kier molecular flexibility index (Phi) is 5.43. The fourth-order valence-corrected chi connectivity index (χ4v) is 5.06. The largest absolute Gasteiger partial charge is 0.461 e. The van der Waals surface area contributed by atoms with Crippen LogP contribution in [-0.2, 0) is 16.1 Å². The van der Waals surface area contributed by atoms with E-state index in [-0.39, 0.29) is 47.6 Å². The molecule has 3 aromatic rings. The van der Waals surface area contributed by atoms with Crippen LogP contribution in [0, 0.1) is 23.6 Å². The lowest BCUT2D eigenvalue weighted by atomic mass is 9.84. The normalized spacial score (nSPS) is 23.8. The summed E-state index contributed by atoms with van der Waals surface area (Å²) in [5, 5.41) is 6.91. The number of nitrogens with zero attached hydrogens (tertiary/aromatic N) is 3. The zero-order valence-corrected chi connectivity index (χ0v) is 17.4. The van der Waals surface area contributed by atoms with Gasteiger partial charge >= 0.3 is 5.97 Å². The van der Waals surface area contributed by atoms with Gasteiger partial charge in [-0.05, 0) is 54.9 Å². The molecule has 7 nitrogen and oxygen atoms in total. The van der Waals surface area contributed by atoms with Gasteiger partial charge < -0.3 is 10.1 Å². The highest BCUT2D eigenvalue weighted by molar-refractivity contribution is 5.95. The predicted molar refractivity (Wildman–Crippen MR) is 113 cm³/mol. The van der Waals surface area contributed by atoms with Crippen LogP contribution in [0.1, 0.15) is 35.2 Å². The van der Waals surface area contributed by atoms with E-state index in [1.165, 1.54) is 29.5 Å². The summed E-state index contributed by atoms with van der Waals surface area (Å²) in [5.74, 6) is -1.18. The van der Waals surface area contributed by atoms with Crippen molar-refractivity contribution < 1.29 is 18.7 Å². The molecule has 2 aromatic carbocycles. The van der Waals surface area contributed by atoms with Crippen LogP contribution in [0.5, 0.6) is 0 Å². The zero-order valence-electron chi connectivity index (χ0n) is 17.4. The third-order valence-electron chi connectivity index (χ3n) is 6.59. The summed E-state index contributed by atoms with van der Waals surface area (Å²) in [4.78, 5) is 29.6. The lowest BCUT2D eigenvalue weighted by Gasteiger charge is -2.30. The number of halogens is 1. The standard InChI is InChI=1S/C24H23FN4O3/c25-19-11-18(8-9-20(19)29-14-26-13-27-29)23(30)28-22-17-7-6-16(10-17)21(22)24(31)32-12-15-4-2-1-3-5-15/h1-5,8-9,11,13-14,16-17,21-22H,6-7,10,12H2,(H,28,30). The van der Waals surface area contributed by atoms with Gasteiger partial charge in [0.05, 0.1) is 5.92 Å². The van der Waals surface area contributed by atoms with Gasteiger partial charge in [-0.2, -0.15) is 5.10 Å². The third-order valence-corrected chi connectivity index (χ3v) is 6.59. The van der Waals surface area contributed by atoms with E-state index in [0.717, 1.165) is 24.8 Å². The Morgan fingerprint density at radius 2 is 1.94 bits per heavy atom. The average Bonchev–Trinajstić information content (AvgIpc) is 3.56.